The molecule has 2 aromatic carbocycles. The molecular formula is C24H29N3O4. The Morgan fingerprint density at radius 3 is 2.58 bits per heavy atom. The Balaban J connectivity index is 1.22. The van der Waals surface area contributed by atoms with Crippen LogP contribution in [0.25, 0.3) is 0 Å². The second kappa shape index (κ2) is 10.4. The van der Waals surface area contributed by atoms with E-state index in [9.17, 15) is 9.59 Å². The number of carbonyl (C=O) groups is 2. The highest BCUT2D eigenvalue weighted by atomic mass is 16.5. The minimum absolute atomic E-state index is 0.0595. The molecule has 0 radical (unpaired) electrons. The normalized spacial score (nSPS) is 16.5. The van der Waals surface area contributed by atoms with Crippen LogP contribution in [0.15, 0.2) is 48.5 Å². The minimum atomic E-state index is -0.154. The summed E-state index contributed by atoms with van der Waals surface area (Å²) >= 11 is 0. The van der Waals surface area contributed by atoms with Gasteiger partial charge in [-0.1, -0.05) is 12.1 Å². The third kappa shape index (κ3) is 6.54. The van der Waals surface area contributed by atoms with Gasteiger partial charge in [0, 0.05) is 43.3 Å². The molecule has 7 nitrogen and oxygen atoms in total. The molecule has 1 saturated carbocycles. The summed E-state index contributed by atoms with van der Waals surface area (Å²) in [5.41, 5.74) is 2.25. The van der Waals surface area contributed by atoms with Crippen molar-refractivity contribution in [3.8, 4) is 5.75 Å². The Labute approximate surface area is 182 Å². The number of nitrogens with one attached hydrogen (secondary N) is 2. The number of hydrogen-bond acceptors (Lipinski definition) is 5. The van der Waals surface area contributed by atoms with Crippen LogP contribution >= 0.6 is 0 Å². The number of ether oxygens (including phenoxy) is 2. The van der Waals surface area contributed by atoms with E-state index in [-0.39, 0.29) is 17.7 Å². The van der Waals surface area contributed by atoms with E-state index in [0.29, 0.717) is 18.7 Å². The van der Waals surface area contributed by atoms with Crippen molar-refractivity contribution >= 4 is 17.5 Å². The summed E-state index contributed by atoms with van der Waals surface area (Å²) in [6.45, 7) is 5.38. The zero-order chi connectivity index (χ0) is 21.5. The van der Waals surface area contributed by atoms with Crippen molar-refractivity contribution in [1.29, 1.82) is 0 Å². The fraction of sp³-hybridized carbons (Fsp3) is 0.417. The lowest BCUT2D eigenvalue weighted by molar-refractivity contribution is -0.117. The van der Waals surface area contributed by atoms with Gasteiger partial charge in [0.15, 0.2) is 0 Å². The van der Waals surface area contributed by atoms with Crippen molar-refractivity contribution in [1.82, 2.24) is 10.2 Å². The van der Waals surface area contributed by atoms with E-state index in [0.717, 1.165) is 62.7 Å². The number of anilines is 1. The third-order valence-corrected chi connectivity index (χ3v) is 5.49. The van der Waals surface area contributed by atoms with E-state index in [1.807, 2.05) is 24.3 Å². The van der Waals surface area contributed by atoms with Crippen molar-refractivity contribution < 1.29 is 19.1 Å². The smallest absolute Gasteiger partial charge is 0.251 e. The van der Waals surface area contributed by atoms with Crippen molar-refractivity contribution in [3.63, 3.8) is 0 Å². The first kappa shape index (κ1) is 21.3. The van der Waals surface area contributed by atoms with Gasteiger partial charge in [-0.3, -0.25) is 14.5 Å². The molecule has 2 aliphatic rings. The number of carbonyl (C=O) groups excluding carboxylic acids is 2. The van der Waals surface area contributed by atoms with Crippen LogP contribution in [0.5, 0.6) is 5.75 Å². The van der Waals surface area contributed by atoms with E-state index in [4.69, 9.17) is 9.47 Å². The molecule has 2 fully saturated rings. The summed E-state index contributed by atoms with van der Waals surface area (Å²) in [5.74, 6) is 0.862. The van der Waals surface area contributed by atoms with E-state index < -0.39 is 0 Å². The molecular weight excluding hydrogens is 394 g/mol. The first-order valence-corrected chi connectivity index (χ1v) is 10.9. The van der Waals surface area contributed by atoms with E-state index in [1.54, 1.807) is 24.3 Å². The number of nitrogens with zero attached hydrogens (tertiary/aromatic N) is 1. The molecule has 4 rings (SSSR count). The molecule has 2 aromatic rings. The maximum atomic E-state index is 12.5. The largest absolute Gasteiger partial charge is 0.492 e. The van der Waals surface area contributed by atoms with Crippen LogP contribution in [0.3, 0.4) is 0 Å². The lowest BCUT2D eigenvalue weighted by Gasteiger charge is -2.26. The van der Waals surface area contributed by atoms with Crippen LogP contribution in [-0.4, -0.2) is 56.2 Å². The van der Waals surface area contributed by atoms with Gasteiger partial charge in [-0.2, -0.15) is 0 Å². The number of amides is 2. The summed E-state index contributed by atoms with van der Waals surface area (Å²) in [6.07, 6.45) is 1.93. The quantitative estimate of drug-likeness (QED) is 0.648. The number of morpholine rings is 1. The van der Waals surface area contributed by atoms with Crippen molar-refractivity contribution in [2.45, 2.75) is 19.4 Å². The first-order valence-electron chi connectivity index (χ1n) is 10.9. The predicted octanol–water partition coefficient (Wildman–Crippen LogP) is 2.68. The predicted molar refractivity (Wildman–Crippen MR) is 118 cm³/mol. The van der Waals surface area contributed by atoms with Crippen molar-refractivity contribution in [2.24, 2.45) is 5.92 Å². The Bertz CT molecular complexity index is 890. The second-order valence-corrected chi connectivity index (χ2v) is 7.97. The number of rotatable bonds is 9. The zero-order valence-electron chi connectivity index (χ0n) is 17.6. The minimum Gasteiger partial charge on any atom is -0.492 e. The molecule has 1 saturated heterocycles. The van der Waals surface area contributed by atoms with Gasteiger partial charge >= 0.3 is 0 Å². The van der Waals surface area contributed by atoms with Crippen molar-refractivity contribution in [2.75, 3.05) is 44.8 Å². The fourth-order valence-electron chi connectivity index (χ4n) is 3.44. The lowest BCUT2D eigenvalue weighted by Crippen LogP contribution is -2.38. The van der Waals surface area contributed by atoms with E-state index in [2.05, 4.69) is 15.5 Å². The van der Waals surface area contributed by atoms with Gasteiger partial charge in [-0.25, -0.2) is 0 Å². The summed E-state index contributed by atoms with van der Waals surface area (Å²) in [5, 5.41) is 5.81. The van der Waals surface area contributed by atoms with Crippen molar-refractivity contribution in [3.05, 3.63) is 59.7 Å². The van der Waals surface area contributed by atoms with Gasteiger partial charge in [-0.15, -0.1) is 0 Å². The highest BCUT2D eigenvalue weighted by Crippen LogP contribution is 2.30. The zero-order valence-corrected chi connectivity index (χ0v) is 17.6. The van der Waals surface area contributed by atoms with Crippen LogP contribution in [0, 0.1) is 5.92 Å². The molecule has 0 atom stereocenters. The monoisotopic (exact) mass is 423 g/mol. The average Bonchev–Trinajstić information content (AvgIpc) is 3.65. The summed E-state index contributed by atoms with van der Waals surface area (Å²) < 4.78 is 11.2. The van der Waals surface area contributed by atoms with Gasteiger partial charge in [0.25, 0.3) is 5.91 Å². The summed E-state index contributed by atoms with van der Waals surface area (Å²) in [4.78, 5) is 26.6. The molecule has 0 unspecified atom stereocenters. The molecule has 164 valence electrons. The standard InChI is InChI=1S/C24H29N3O4/c28-23(19-6-8-21(9-7-19)26-24(29)20-4-5-20)25-17-18-2-1-3-22(16-18)31-15-12-27-10-13-30-14-11-27/h1-3,6-9,16,20H,4-5,10-15,17H2,(H,25,28)(H,26,29). The van der Waals surface area contributed by atoms with Crippen LogP contribution in [0.4, 0.5) is 5.69 Å². The molecule has 7 heteroatoms. The maximum absolute atomic E-state index is 12.5. The molecule has 0 spiro atoms. The SMILES string of the molecule is O=C(NCc1cccc(OCCN2CCOCC2)c1)c1ccc(NC(=O)C2CC2)cc1. The Hall–Kier alpha value is -2.90. The molecule has 0 aromatic heterocycles. The summed E-state index contributed by atoms with van der Waals surface area (Å²) in [7, 11) is 0. The van der Waals surface area contributed by atoms with Gasteiger partial charge < -0.3 is 20.1 Å². The lowest BCUT2D eigenvalue weighted by atomic mass is 10.1. The van der Waals surface area contributed by atoms with E-state index >= 15 is 0 Å². The number of hydrogen-bond donors (Lipinski definition) is 2. The first-order chi connectivity index (χ1) is 15.2. The topological polar surface area (TPSA) is 79.9 Å². The van der Waals surface area contributed by atoms with Crippen LogP contribution in [-0.2, 0) is 16.1 Å². The summed E-state index contributed by atoms with van der Waals surface area (Å²) in [6, 6.07) is 14.8. The molecule has 31 heavy (non-hydrogen) atoms. The van der Waals surface area contributed by atoms with E-state index in [1.165, 1.54) is 0 Å². The van der Waals surface area contributed by atoms with Gasteiger partial charge in [0.05, 0.1) is 13.2 Å². The molecule has 2 N–H and O–H groups in total. The molecule has 1 aliphatic heterocycles. The molecule has 2 amide bonds. The Morgan fingerprint density at radius 2 is 1.84 bits per heavy atom. The van der Waals surface area contributed by atoms with Crippen LogP contribution < -0.4 is 15.4 Å². The van der Waals surface area contributed by atoms with Gasteiger partial charge in [0.1, 0.15) is 12.4 Å². The highest BCUT2D eigenvalue weighted by Gasteiger charge is 2.29. The Kier molecular flexibility index (Phi) is 7.17. The molecule has 1 heterocycles. The van der Waals surface area contributed by atoms with Crippen LogP contribution in [0.1, 0.15) is 28.8 Å². The Morgan fingerprint density at radius 1 is 1.06 bits per heavy atom. The number of benzene rings is 2. The second-order valence-electron chi connectivity index (χ2n) is 7.97. The van der Waals surface area contributed by atoms with Crippen LogP contribution in [0.2, 0.25) is 0 Å². The van der Waals surface area contributed by atoms with Gasteiger partial charge in [0.2, 0.25) is 5.91 Å². The van der Waals surface area contributed by atoms with Gasteiger partial charge in [-0.05, 0) is 54.8 Å². The molecule has 1 aliphatic carbocycles. The maximum Gasteiger partial charge on any atom is 0.251 e. The highest BCUT2D eigenvalue weighted by molar-refractivity contribution is 5.96. The fourth-order valence-corrected chi connectivity index (χ4v) is 3.44. The molecule has 0 bridgehead atoms. The average molecular weight is 424 g/mol. The third-order valence-electron chi connectivity index (χ3n) is 5.49.